The highest BCUT2D eigenvalue weighted by atomic mass is 32.2. The Bertz CT molecular complexity index is 4150. The van der Waals surface area contributed by atoms with Crippen molar-refractivity contribution in [3.05, 3.63) is 131 Å². The van der Waals surface area contributed by atoms with Gasteiger partial charge in [0.1, 0.15) is 22.6 Å². The molecular formula is C84H98N8S6. The normalized spacial score (nSPS) is 11.7. The van der Waals surface area contributed by atoms with Crippen LogP contribution in [0, 0.1) is 23.7 Å². The lowest BCUT2D eigenvalue weighted by molar-refractivity contribution is 0.706. The van der Waals surface area contributed by atoms with Gasteiger partial charge in [0.05, 0.1) is 0 Å². The van der Waals surface area contributed by atoms with Gasteiger partial charge in [-0.2, -0.15) is 0 Å². The summed E-state index contributed by atoms with van der Waals surface area (Å²) < 4.78 is 0. The molecule has 0 unspecified atom stereocenters. The molecule has 8 bridgehead atoms. The first-order valence-electron chi connectivity index (χ1n) is 36.8. The molecule has 9 aromatic rings. The first-order valence-corrected chi connectivity index (χ1v) is 42.7. The predicted octanol–water partition coefficient (Wildman–Crippen LogP) is 25.7. The Hall–Kier alpha value is -6.10. The summed E-state index contributed by atoms with van der Waals surface area (Å²) in [5.74, 6) is 22.9. The van der Waals surface area contributed by atoms with Crippen molar-refractivity contribution in [2.24, 2.45) is 0 Å². The number of rotatable bonds is 36. The summed E-state index contributed by atoms with van der Waals surface area (Å²) in [5, 5.41) is 3.78. The number of aromatic nitrogens is 8. The van der Waals surface area contributed by atoms with Crippen molar-refractivity contribution in [3.8, 4) is 69.2 Å². The lowest BCUT2D eigenvalue weighted by Gasteiger charge is -2.12. The molecule has 0 radical (unpaired) electrons. The van der Waals surface area contributed by atoms with Crippen LogP contribution >= 0.6 is 70.6 Å². The Morgan fingerprint density at radius 2 is 0.510 bits per heavy atom. The van der Waals surface area contributed by atoms with Crippen LogP contribution in [0.1, 0.15) is 218 Å². The van der Waals surface area contributed by atoms with E-state index >= 15 is 0 Å². The molecule has 0 atom stereocenters. The Balaban J connectivity index is 1.22. The van der Waals surface area contributed by atoms with Crippen LogP contribution in [0.25, 0.3) is 89.7 Å². The second-order valence-corrected chi connectivity index (χ2v) is 32.6. The minimum Gasteiger partial charge on any atom is -0.324 e. The number of thioether (sulfide) groups is 6. The Morgan fingerprint density at radius 3 is 0.765 bits per heavy atom. The topological polar surface area (TPSA) is 109 Å². The molecule has 6 aromatic carbocycles. The van der Waals surface area contributed by atoms with E-state index < -0.39 is 0 Å². The summed E-state index contributed by atoms with van der Waals surface area (Å²) >= 11 is 11.9. The molecule has 0 saturated heterocycles. The molecular weight excluding hydrogens is 1310 g/mol. The van der Waals surface area contributed by atoms with Crippen molar-refractivity contribution >= 4 is 115 Å². The van der Waals surface area contributed by atoms with E-state index in [2.05, 4.69) is 148 Å². The molecule has 2 aliphatic rings. The van der Waals surface area contributed by atoms with Crippen LogP contribution in [-0.4, -0.2) is 74.4 Å². The van der Waals surface area contributed by atoms with Gasteiger partial charge in [-0.25, -0.2) is 29.9 Å². The lowest BCUT2D eigenvalue weighted by atomic mass is 10.0. The molecule has 5 heterocycles. The third kappa shape index (κ3) is 19.7. The van der Waals surface area contributed by atoms with Crippen LogP contribution in [0.4, 0.5) is 0 Å². The van der Waals surface area contributed by atoms with Gasteiger partial charge in [0.2, 0.25) is 0 Å². The molecule has 2 N–H and O–H groups in total. The number of fused-ring (bicyclic) bond motifs is 20. The fourth-order valence-electron chi connectivity index (χ4n) is 12.3. The molecule has 2 aliphatic heterocycles. The van der Waals surface area contributed by atoms with Crippen molar-refractivity contribution in [2.45, 2.75) is 225 Å². The number of nitrogens with one attached hydrogen (secondary N) is 2. The zero-order valence-electron chi connectivity index (χ0n) is 58.7. The van der Waals surface area contributed by atoms with E-state index in [-0.39, 0.29) is 0 Å². The summed E-state index contributed by atoms with van der Waals surface area (Å²) in [6.07, 6.45) is 29.2. The highest BCUT2D eigenvalue weighted by molar-refractivity contribution is 8.03. The fourth-order valence-corrected chi connectivity index (χ4v) is 19.2. The molecule has 14 heteroatoms. The van der Waals surface area contributed by atoms with Gasteiger partial charge >= 0.3 is 0 Å². The van der Waals surface area contributed by atoms with Gasteiger partial charge in [-0.05, 0) is 146 Å². The zero-order valence-corrected chi connectivity index (χ0v) is 63.6. The summed E-state index contributed by atoms with van der Waals surface area (Å²) in [6.45, 7) is 13.8. The summed E-state index contributed by atoms with van der Waals surface area (Å²) in [7, 11) is 0. The molecule has 510 valence electrons. The zero-order chi connectivity index (χ0) is 67.7. The number of nitrogens with zero attached hydrogens (tertiary/aromatic N) is 6. The monoisotopic (exact) mass is 1410 g/mol. The number of H-pyrrole nitrogens is 2. The molecule has 0 spiro atoms. The number of hydrogen-bond acceptors (Lipinski definition) is 12. The summed E-state index contributed by atoms with van der Waals surface area (Å²) in [5.41, 5.74) is 10.0. The van der Waals surface area contributed by atoms with Crippen molar-refractivity contribution in [2.75, 3.05) is 34.5 Å². The third-order valence-corrected chi connectivity index (χ3v) is 25.2. The Labute approximate surface area is 610 Å². The molecule has 0 fully saturated rings. The second-order valence-electron chi connectivity index (χ2n) is 25.8. The van der Waals surface area contributed by atoms with Crippen LogP contribution in [-0.2, 0) is 0 Å². The van der Waals surface area contributed by atoms with Crippen molar-refractivity contribution < 1.29 is 0 Å². The van der Waals surface area contributed by atoms with Crippen LogP contribution in [0.2, 0.25) is 0 Å². The maximum Gasteiger partial charge on any atom is 0.164 e. The fraction of sp³-hybridized carbons (Fsp3) is 0.429. The first kappa shape index (κ1) is 73.1. The quantitative estimate of drug-likeness (QED) is 0.0222. The second kappa shape index (κ2) is 38.6. The van der Waals surface area contributed by atoms with Gasteiger partial charge in [0, 0.05) is 95.4 Å². The van der Waals surface area contributed by atoms with Gasteiger partial charge in [-0.15, -0.1) is 70.6 Å². The van der Waals surface area contributed by atoms with E-state index in [1.807, 2.05) is 107 Å². The Kier molecular flexibility index (Phi) is 28.8. The average molecular weight is 1410 g/mol. The van der Waals surface area contributed by atoms with Crippen LogP contribution in [0.3, 0.4) is 0 Å². The molecule has 0 saturated carbocycles. The minimum absolute atomic E-state index is 0.600. The third-order valence-electron chi connectivity index (χ3n) is 17.9. The Morgan fingerprint density at radius 1 is 0.265 bits per heavy atom. The van der Waals surface area contributed by atoms with Crippen LogP contribution in [0.15, 0.2) is 139 Å². The van der Waals surface area contributed by atoms with Gasteiger partial charge in [-0.1, -0.05) is 217 Å². The van der Waals surface area contributed by atoms with Gasteiger partial charge in [0.25, 0.3) is 0 Å². The molecule has 0 aliphatic carbocycles. The smallest absolute Gasteiger partial charge is 0.164 e. The average Bonchev–Trinajstić information content (AvgIpc) is 1.59. The van der Waals surface area contributed by atoms with Crippen molar-refractivity contribution in [1.29, 1.82) is 0 Å². The number of unbranched alkanes of at least 4 members (excludes halogenated alkanes) is 18. The largest absolute Gasteiger partial charge is 0.324 e. The van der Waals surface area contributed by atoms with Crippen LogP contribution < -0.4 is 0 Å². The SMILES string of the molecule is CCCCCCSc1cc2c(cc1SCCCCCC)-c1nc-2nc2[nH]c(nc3nc(nc4[nH]c(n1)c1cc(SCCCCCC)c(SCCCCCC)cc41)-c1cc(SCCCCCC)c(SCCCCCC)cc1-3)c1cc(C#Cc3ccccc3)c(C#Cc3ccccc3)cc21. The minimum atomic E-state index is 0.600. The van der Waals surface area contributed by atoms with Gasteiger partial charge in [0.15, 0.2) is 23.3 Å². The molecule has 0 amide bonds. The van der Waals surface area contributed by atoms with E-state index in [1.54, 1.807) is 0 Å². The molecule has 98 heavy (non-hydrogen) atoms. The van der Waals surface area contributed by atoms with E-state index in [4.69, 9.17) is 29.9 Å². The highest BCUT2D eigenvalue weighted by Gasteiger charge is 2.27. The van der Waals surface area contributed by atoms with E-state index in [1.165, 1.54) is 183 Å². The number of aromatic amines is 2. The molecule has 8 nitrogen and oxygen atoms in total. The first-order chi connectivity index (χ1) is 48.4. The van der Waals surface area contributed by atoms with E-state index in [0.29, 0.717) is 34.6 Å². The lowest BCUT2D eigenvalue weighted by Crippen LogP contribution is -1.90. The van der Waals surface area contributed by atoms with Crippen molar-refractivity contribution in [3.63, 3.8) is 0 Å². The van der Waals surface area contributed by atoms with Gasteiger partial charge in [-0.3, -0.25) is 0 Å². The standard InChI is InChI=1S/C84H98N8S6/c1-7-13-19-31-45-93-71-53-65-67(55-73(71)95-47-33-21-15-9-3)81-88-79(65)86-77-63-51-61(43-41-59-37-27-25-28-38-59)62(44-42-60-39-29-26-30-40-60)52-64(63)78(85-77)87-80-66-54-72(94-46-32-20-14-8-2)74(96-48-34-22-16-10-4)56-68(66)82(89-80)91-84-70-58-76(98-50-36-24-18-12-6)75(97-49-35-23-17-11-5)57-69(70)83(90-81)92-84/h25-30,37-40,51-58H,7-24,31-36,45-50H2,1-6H3,(H2,85,86,87,88,89,90,91,92). The summed E-state index contributed by atoms with van der Waals surface area (Å²) in [4.78, 5) is 49.7. The van der Waals surface area contributed by atoms with Crippen molar-refractivity contribution in [1.82, 2.24) is 39.9 Å². The maximum absolute atomic E-state index is 5.77. The van der Waals surface area contributed by atoms with Gasteiger partial charge < -0.3 is 9.97 Å². The molecule has 11 rings (SSSR count). The number of benzene rings is 6. The predicted molar refractivity (Wildman–Crippen MR) is 430 cm³/mol. The van der Waals surface area contributed by atoms with E-state index in [0.717, 1.165) is 112 Å². The molecule has 3 aromatic heterocycles. The highest BCUT2D eigenvalue weighted by Crippen LogP contribution is 2.47. The maximum atomic E-state index is 5.77. The van der Waals surface area contributed by atoms with Crippen LogP contribution in [0.5, 0.6) is 0 Å². The number of hydrogen-bond donors (Lipinski definition) is 2. The summed E-state index contributed by atoms with van der Waals surface area (Å²) in [6, 6.07) is 39.0. The van der Waals surface area contributed by atoms with E-state index in [9.17, 15) is 0 Å².